The van der Waals surface area contributed by atoms with Gasteiger partial charge in [0.25, 0.3) is 0 Å². The molecule has 7 heteroatoms. The third-order valence-electron chi connectivity index (χ3n) is 1.67. The predicted molar refractivity (Wildman–Crippen MR) is 46.8 cm³/mol. The van der Waals surface area contributed by atoms with Crippen molar-refractivity contribution in [2.45, 2.75) is 13.1 Å². The normalized spacial score (nSPS) is 12.3. The molecule has 0 saturated heterocycles. The summed E-state index contributed by atoms with van der Waals surface area (Å²) in [7, 11) is 2.03. The lowest BCUT2D eigenvalue weighted by molar-refractivity contribution is -0.117. The van der Waals surface area contributed by atoms with Crippen LogP contribution in [0.2, 0.25) is 0 Å². The van der Waals surface area contributed by atoms with Crippen LogP contribution in [-0.2, 0) is 4.79 Å². The van der Waals surface area contributed by atoms with E-state index in [1.54, 1.807) is 0 Å². The van der Waals surface area contributed by atoms with Gasteiger partial charge in [0.15, 0.2) is 0 Å². The first-order valence-corrected chi connectivity index (χ1v) is 3.95. The Hall–Kier alpha value is -1.53. The summed E-state index contributed by atoms with van der Waals surface area (Å²) in [6.45, 7) is 1.16. The van der Waals surface area contributed by atoms with Crippen molar-refractivity contribution in [3.05, 3.63) is 11.8 Å². The van der Waals surface area contributed by atoms with E-state index in [0.717, 1.165) is 27.1 Å². The van der Waals surface area contributed by atoms with E-state index in [4.69, 9.17) is 0 Å². The quantitative estimate of drug-likeness (QED) is 0.668. The first-order valence-electron chi connectivity index (χ1n) is 3.95. The number of rotatable bonds is 2. The highest BCUT2D eigenvalue weighted by molar-refractivity contribution is 5.85. The predicted octanol–water partition coefficient (Wildman–Crippen LogP) is 1.59. The van der Waals surface area contributed by atoms with Gasteiger partial charge in [-0.1, -0.05) is 6.08 Å². The standard InChI is InChI=1S/C8H11F3N2O2/c1-4-6(8(9,10)11)13(3)7(15)12(2)5-14/h4-5H,1-3H3/b6-4-. The molecule has 0 aliphatic rings. The van der Waals surface area contributed by atoms with Gasteiger partial charge in [0.1, 0.15) is 5.70 Å². The Kier molecular flexibility index (Phi) is 4.32. The number of alkyl halides is 3. The monoisotopic (exact) mass is 224 g/mol. The van der Waals surface area contributed by atoms with E-state index in [1.807, 2.05) is 0 Å². The topological polar surface area (TPSA) is 40.6 Å². The van der Waals surface area contributed by atoms with Gasteiger partial charge in [-0.2, -0.15) is 13.2 Å². The number of carbonyl (C=O) groups excluding carboxylic acids is 2. The summed E-state index contributed by atoms with van der Waals surface area (Å²) in [5, 5.41) is 0. The van der Waals surface area contributed by atoms with Crippen LogP contribution in [0.15, 0.2) is 11.8 Å². The van der Waals surface area contributed by atoms with Gasteiger partial charge < -0.3 is 0 Å². The van der Waals surface area contributed by atoms with Crippen LogP contribution in [-0.4, -0.2) is 42.5 Å². The molecule has 0 heterocycles. The van der Waals surface area contributed by atoms with Crippen LogP contribution in [0.5, 0.6) is 0 Å². The zero-order chi connectivity index (χ0) is 12.2. The Balaban J connectivity index is 4.92. The molecule has 0 aromatic rings. The van der Waals surface area contributed by atoms with Crippen LogP contribution in [0.1, 0.15) is 6.92 Å². The number of hydrogen-bond donors (Lipinski definition) is 0. The smallest absolute Gasteiger partial charge is 0.293 e. The molecular formula is C8H11F3N2O2. The first-order chi connectivity index (χ1) is 6.75. The summed E-state index contributed by atoms with van der Waals surface area (Å²) in [6.07, 6.45) is -3.72. The van der Waals surface area contributed by atoms with Gasteiger partial charge in [0.2, 0.25) is 6.41 Å². The van der Waals surface area contributed by atoms with Crippen molar-refractivity contribution in [3.8, 4) is 0 Å². The summed E-state index contributed by atoms with van der Waals surface area (Å²) in [5.41, 5.74) is -1.11. The zero-order valence-electron chi connectivity index (χ0n) is 8.50. The van der Waals surface area contributed by atoms with Gasteiger partial charge in [0.05, 0.1) is 0 Å². The van der Waals surface area contributed by atoms with Crippen molar-refractivity contribution >= 4 is 12.4 Å². The molecular weight excluding hydrogens is 213 g/mol. The van der Waals surface area contributed by atoms with Crippen LogP contribution < -0.4 is 0 Å². The third-order valence-corrected chi connectivity index (χ3v) is 1.67. The summed E-state index contributed by atoms with van der Waals surface area (Å²) >= 11 is 0. The van der Waals surface area contributed by atoms with Crippen molar-refractivity contribution < 1.29 is 22.8 Å². The minimum atomic E-state index is -4.62. The largest absolute Gasteiger partial charge is 0.431 e. The number of halogens is 3. The molecule has 15 heavy (non-hydrogen) atoms. The molecule has 86 valence electrons. The number of allylic oxidation sites excluding steroid dienone is 2. The SMILES string of the molecule is C/C=C(\N(C)C(=O)N(C)C=O)C(F)(F)F. The second kappa shape index (κ2) is 4.81. The fourth-order valence-electron chi connectivity index (χ4n) is 0.932. The number of urea groups is 1. The minimum absolute atomic E-state index is 0.141. The van der Waals surface area contributed by atoms with Crippen molar-refractivity contribution in [3.63, 3.8) is 0 Å². The Labute approximate surface area is 84.9 Å². The molecule has 0 aromatic heterocycles. The van der Waals surface area contributed by atoms with Crippen molar-refractivity contribution in [2.75, 3.05) is 14.1 Å². The van der Waals surface area contributed by atoms with Gasteiger partial charge in [-0.3, -0.25) is 14.6 Å². The molecule has 0 unspecified atom stereocenters. The molecule has 0 aliphatic heterocycles. The highest BCUT2D eigenvalue weighted by Gasteiger charge is 2.38. The second-order valence-electron chi connectivity index (χ2n) is 2.73. The number of nitrogens with zero attached hydrogens (tertiary/aromatic N) is 2. The van der Waals surface area contributed by atoms with E-state index in [9.17, 15) is 22.8 Å². The molecule has 0 aromatic carbocycles. The van der Waals surface area contributed by atoms with Crippen molar-refractivity contribution in [2.24, 2.45) is 0 Å². The minimum Gasteiger partial charge on any atom is -0.293 e. The van der Waals surface area contributed by atoms with Gasteiger partial charge >= 0.3 is 12.2 Å². The van der Waals surface area contributed by atoms with Gasteiger partial charge in [-0.15, -0.1) is 0 Å². The maximum absolute atomic E-state index is 12.3. The fraction of sp³-hybridized carbons (Fsp3) is 0.500. The number of imide groups is 1. The van der Waals surface area contributed by atoms with Gasteiger partial charge in [-0.25, -0.2) is 4.79 Å². The summed E-state index contributed by atoms with van der Waals surface area (Å²) in [4.78, 5) is 22.3. The Morgan fingerprint density at radius 1 is 1.27 bits per heavy atom. The first kappa shape index (κ1) is 13.5. The van der Waals surface area contributed by atoms with Crippen molar-refractivity contribution in [1.82, 2.24) is 9.80 Å². The fourth-order valence-corrected chi connectivity index (χ4v) is 0.932. The molecule has 0 N–H and O–H groups in total. The Bertz CT molecular complexity index is 286. The van der Waals surface area contributed by atoms with Crippen LogP contribution in [0.4, 0.5) is 18.0 Å². The molecule has 0 saturated carbocycles. The lowest BCUT2D eigenvalue weighted by Crippen LogP contribution is -2.41. The highest BCUT2D eigenvalue weighted by atomic mass is 19.4. The van der Waals surface area contributed by atoms with Crippen LogP contribution in [0.25, 0.3) is 0 Å². The molecule has 0 spiro atoms. The molecule has 0 fully saturated rings. The van der Waals surface area contributed by atoms with E-state index >= 15 is 0 Å². The van der Waals surface area contributed by atoms with Gasteiger partial charge in [-0.05, 0) is 6.92 Å². The maximum atomic E-state index is 12.3. The second-order valence-corrected chi connectivity index (χ2v) is 2.73. The maximum Gasteiger partial charge on any atom is 0.431 e. The van der Waals surface area contributed by atoms with E-state index in [-0.39, 0.29) is 6.41 Å². The lowest BCUT2D eigenvalue weighted by Gasteiger charge is -2.24. The van der Waals surface area contributed by atoms with Crippen LogP contribution >= 0.6 is 0 Å². The summed E-state index contributed by atoms with van der Waals surface area (Å²) in [6, 6.07) is -1.05. The average molecular weight is 224 g/mol. The molecule has 0 aliphatic carbocycles. The number of carbonyl (C=O) groups is 2. The van der Waals surface area contributed by atoms with E-state index in [1.165, 1.54) is 0 Å². The molecule has 4 nitrogen and oxygen atoms in total. The average Bonchev–Trinajstić information content (AvgIpc) is 2.14. The molecule has 0 rings (SSSR count). The number of amides is 3. The molecule has 0 bridgehead atoms. The van der Waals surface area contributed by atoms with Crippen LogP contribution in [0.3, 0.4) is 0 Å². The summed E-state index contributed by atoms with van der Waals surface area (Å²) < 4.78 is 37.0. The highest BCUT2D eigenvalue weighted by Crippen LogP contribution is 2.27. The van der Waals surface area contributed by atoms with E-state index in [0.29, 0.717) is 9.80 Å². The van der Waals surface area contributed by atoms with Crippen molar-refractivity contribution in [1.29, 1.82) is 0 Å². The molecule has 3 amide bonds. The van der Waals surface area contributed by atoms with Crippen LogP contribution in [0, 0.1) is 0 Å². The Morgan fingerprint density at radius 3 is 2.00 bits per heavy atom. The molecule has 0 radical (unpaired) electrons. The van der Waals surface area contributed by atoms with E-state index in [2.05, 4.69) is 0 Å². The summed E-state index contributed by atoms with van der Waals surface area (Å²) in [5.74, 6) is 0. The Morgan fingerprint density at radius 2 is 1.73 bits per heavy atom. The lowest BCUT2D eigenvalue weighted by atomic mass is 10.3. The zero-order valence-corrected chi connectivity index (χ0v) is 8.50. The third kappa shape index (κ3) is 3.26. The number of hydrogen-bond acceptors (Lipinski definition) is 2. The van der Waals surface area contributed by atoms with E-state index < -0.39 is 17.9 Å². The van der Waals surface area contributed by atoms with Gasteiger partial charge in [0, 0.05) is 14.1 Å². The molecule has 0 atom stereocenters.